The van der Waals surface area contributed by atoms with Crippen LogP contribution in [0.25, 0.3) is 5.57 Å². The Morgan fingerprint density at radius 2 is 1.54 bits per heavy atom. The van der Waals surface area contributed by atoms with Gasteiger partial charge in [0.05, 0.1) is 12.3 Å². The highest BCUT2D eigenvalue weighted by atomic mass is 35.5. The van der Waals surface area contributed by atoms with E-state index in [0.29, 0.717) is 23.6 Å². The monoisotopic (exact) mass is 544 g/mol. The summed E-state index contributed by atoms with van der Waals surface area (Å²) in [5.41, 5.74) is 5.83. The summed E-state index contributed by atoms with van der Waals surface area (Å²) in [6.45, 7) is 0.464. The standard InChI is InChI=1S/C32H33ClN2O4/c33-28-16-8-23(9-17-28)21-35-32(39)29(26-14-12-25(13-15-26)24-4-2-1-3-5-24)20-22-6-10-27(11-7-22)31(38)34-19-18-30(36)37/h4,6-17,29H,1-3,5,18-21H2,(H,34,38)(H,35,39)(H,36,37). The predicted molar refractivity (Wildman–Crippen MR) is 154 cm³/mol. The molecule has 0 saturated heterocycles. The summed E-state index contributed by atoms with van der Waals surface area (Å²) < 4.78 is 0. The summed E-state index contributed by atoms with van der Waals surface area (Å²) >= 11 is 5.99. The summed E-state index contributed by atoms with van der Waals surface area (Å²) in [4.78, 5) is 36.5. The molecule has 7 heteroatoms. The number of aliphatic carboxylic acids is 1. The molecule has 3 N–H and O–H groups in total. The van der Waals surface area contributed by atoms with E-state index in [1.165, 1.54) is 24.0 Å². The lowest BCUT2D eigenvalue weighted by Crippen LogP contribution is -2.30. The van der Waals surface area contributed by atoms with Crippen molar-refractivity contribution in [2.75, 3.05) is 6.54 Å². The Balaban J connectivity index is 1.49. The molecular formula is C32H33ClN2O4. The van der Waals surface area contributed by atoms with Gasteiger partial charge in [-0.1, -0.05) is 66.2 Å². The molecule has 1 unspecified atom stereocenters. The zero-order valence-corrected chi connectivity index (χ0v) is 22.5. The number of allylic oxidation sites excluding steroid dienone is 2. The molecule has 0 aliphatic heterocycles. The van der Waals surface area contributed by atoms with Gasteiger partial charge < -0.3 is 15.7 Å². The lowest BCUT2D eigenvalue weighted by atomic mass is 9.88. The van der Waals surface area contributed by atoms with Crippen LogP contribution < -0.4 is 10.6 Å². The van der Waals surface area contributed by atoms with Gasteiger partial charge in [0.2, 0.25) is 5.91 Å². The van der Waals surface area contributed by atoms with E-state index in [1.54, 1.807) is 24.3 Å². The molecule has 6 nitrogen and oxygen atoms in total. The average Bonchev–Trinajstić information content (AvgIpc) is 2.96. The van der Waals surface area contributed by atoms with E-state index >= 15 is 0 Å². The fourth-order valence-electron chi connectivity index (χ4n) is 4.72. The first-order chi connectivity index (χ1) is 18.9. The van der Waals surface area contributed by atoms with E-state index < -0.39 is 11.9 Å². The Morgan fingerprint density at radius 3 is 2.18 bits per heavy atom. The van der Waals surface area contributed by atoms with Crippen LogP contribution >= 0.6 is 11.6 Å². The van der Waals surface area contributed by atoms with Crippen LogP contribution in [-0.2, 0) is 22.6 Å². The van der Waals surface area contributed by atoms with Gasteiger partial charge in [-0.05, 0) is 84.2 Å². The zero-order chi connectivity index (χ0) is 27.6. The number of carboxylic acid groups (broad SMARTS) is 1. The second-order valence-corrected chi connectivity index (χ2v) is 10.2. The van der Waals surface area contributed by atoms with Crippen molar-refractivity contribution in [2.24, 2.45) is 0 Å². The average molecular weight is 545 g/mol. The van der Waals surface area contributed by atoms with Crippen molar-refractivity contribution in [3.63, 3.8) is 0 Å². The minimum atomic E-state index is -0.963. The number of nitrogens with one attached hydrogen (secondary N) is 2. The second-order valence-electron chi connectivity index (χ2n) is 9.79. The summed E-state index contributed by atoms with van der Waals surface area (Å²) in [6, 6.07) is 22.8. The Hall–Kier alpha value is -3.90. The fourth-order valence-corrected chi connectivity index (χ4v) is 4.85. The van der Waals surface area contributed by atoms with Gasteiger partial charge in [-0.25, -0.2) is 0 Å². The van der Waals surface area contributed by atoms with Gasteiger partial charge in [-0.15, -0.1) is 0 Å². The molecule has 3 aromatic rings. The van der Waals surface area contributed by atoms with E-state index in [0.717, 1.165) is 29.5 Å². The SMILES string of the molecule is O=C(O)CCNC(=O)c1ccc(CC(C(=O)NCc2ccc(Cl)cc2)c2ccc(C3=CCCCC3)cc2)cc1. The van der Waals surface area contributed by atoms with Crippen LogP contribution in [0.15, 0.2) is 78.9 Å². The summed E-state index contributed by atoms with van der Waals surface area (Å²) in [6.07, 6.45) is 7.29. The highest BCUT2D eigenvalue weighted by Crippen LogP contribution is 2.29. The van der Waals surface area contributed by atoms with Crippen molar-refractivity contribution in [2.45, 2.75) is 51.0 Å². The van der Waals surface area contributed by atoms with Crippen molar-refractivity contribution in [3.8, 4) is 0 Å². The maximum Gasteiger partial charge on any atom is 0.305 e. The number of rotatable bonds is 11. The first-order valence-electron chi connectivity index (χ1n) is 13.3. The topological polar surface area (TPSA) is 95.5 Å². The van der Waals surface area contributed by atoms with Crippen molar-refractivity contribution in [3.05, 3.63) is 112 Å². The first-order valence-corrected chi connectivity index (χ1v) is 13.7. The minimum absolute atomic E-state index is 0.0681. The number of carboxylic acids is 1. The maximum absolute atomic E-state index is 13.5. The van der Waals surface area contributed by atoms with Gasteiger partial charge in [-0.3, -0.25) is 14.4 Å². The molecule has 4 rings (SSSR count). The lowest BCUT2D eigenvalue weighted by molar-refractivity contribution is -0.136. The van der Waals surface area contributed by atoms with Crippen LogP contribution in [0.5, 0.6) is 0 Å². The van der Waals surface area contributed by atoms with Gasteiger partial charge in [-0.2, -0.15) is 0 Å². The molecule has 0 saturated carbocycles. The summed E-state index contributed by atoms with van der Waals surface area (Å²) in [7, 11) is 0. The van der Waals surface area contributed by atoms with Crippen LogP contribution in [0.2, 0.25) is 5.02 Å². The van der Waals surface area contributed by atoms with E-state index in [2.05, 4.69) is 28.8 Å². The van der Waals surface area contributed by atoms with Crippen LogP contribution in [0.3, 0.4) is 0 Å². The van der Waals surface area contributed by atoms with Crippen molar-refractivity contribution >= 4 is 35.0 Å². The molecule has 1 aliphatic rings. The van der Waals surface area contributed by atoms with Gasteiger partial charge in [0, 0.05) is 23.7 Å². The molecule has 0 radical (unpaired) electrons. The van der Waals surface area contributed by atoms with Crippen molar-refractivity contribution < 1.29 is 19.5 Å². The molecule has 2 amide bonds. The molecule has 0 fully saturated rings. The normalized spacial score (nSPS) is 13.7. The van der Waals surface area contributed by atoms with E-state index in [9.17, 15) is 14.4 Å². The number of amides is 2. The molecular weight excluding hydrogens is 512 g/mol. The Bertz CT molecular complexity index is 1320. The number of benzene rings is 3. The Morgan fingerprint density at radius 1 is 0.846 bits per heavy atom. The Labute approximate surface area is 234 Å². The highest BCUT2D eigenvalue weighted by Gasteiger charge is 2.22. The number of halogens is 1. The number of carbonyl (C=O) groups excluding carboxylic acids is 2. The van der Waals surface area contributed by atoms with E-state index in [-0.39, 0.29) is 24.8 Å². The number of hydrogen-bond donors (Lipinski definition) is 3. The van der Waals surface area contributed by atoms with Crippen LogP contribution in [0.4, 0.5) is 0 Å². The van der Waals surface area contributed by atoms with Crippen molar-refractivity contribution in [1.29, 1.82) is 0 Å². The number of carbonyl (C=O) groups is 3. The molecule has 0 bridgehead atoms. The molecule has 1 aliphatic carbocycles. The van der Waals surface area contributed by atoms with Crippen LogP contribution in [-0.4, -0.2) is 29.4 Å². The smallest absolute Gasteiger partial charge is 0.305 e. The van der Waals surface area contributed by atoms with Gasteiger partial charge in [0.1, 0.15) is 0 Å². The van der Waals surface area contributed by atoms with Crippen LogP contribution in [0.1, 0.15) is 70.6 Å². The predicted octanol–water partition coefficient (Wildman–Crippen LogP) is 6.14. The van der Waals surface area contributed by atoms with Crippen LogP contribution in [0, 0.1) is 0 Å². The molecule has 0 spiro atoms. The maximum atomic E-state index is 13.5. The summed E-state index contributed by atoms with van der Waals surface area (Å²) in [5, 5.41) is 15.1. The number of hydrogen-bond acceptors (Lipinski definition) is 3. The third kappa shape index (κ3) is 8.29. The zero-order valence-electron chi connectivity index (χ0n) is 21.8. The van der Waals surface area contributed by atoms with Crippen molar-refractivity contribution in [1.82, 2.24) is 10.6 Å². The first kappa shape index (κ1) is 28.1. The van der Waals surface area contributed by atoms with Gasteiger partial charge in [0.25, 0.3) is 5.91 Å². The molecule has 202 valence electrons. The van der Waals surface area contributed by atoms with E-state index in [1.807, 2.05) is 36.4 Å². The molecule has 0 heterocycles. The second kappa shape index (κ2) is 13.8. The minimum Gasteiger partial charge on any atom is -0.481 e. The highest BCUT2D eigenvalue weighted by molar-refractivity contribution is 6.30. The van der Waals surface area contributed by atoms with Gasteiger partial charge in [0.15, 0.2) is 0 Å². The summed E-state index contributed by atoms with van der Waals surface area (Å²) in [5.74, 6) is -1.78. The third-order valence-corrected chi connectivity index (χ3v) is 7.20. The van der Waals surface area contributed by atoms with E-state index in [4.69, 9.17) is 16.7 Å². The largest absolute Gasteiger partial charge is 0.481 e. The Kier molecular flexibility index (Phi) is 9.92. The van der Waals surface area contributed by atoms with Gasteiger partial charge >= 0.3 is 5.97 Å². The molecule has 3 aromatic carbocycles. The third-order valence-electron chi connectivity index (χ3n) is 6.95. The lowest BCUT2D eigenvalue weighted by Gasteiger charge is -2.19. The quantitative estimate of drug-likeness (QED) is 0.270. The molecule has 39 heavy (non-hydrogen) atoms. The fraction of sp³-hybridized carbons (Fsp3) is 0.281. The molecule has 1 atom stereocenters. The molecule has 0 aromatic heterocycles.